The molecule has 0 spiro atoms. The van der Waals surface area contributed by atoms with Crippen molar-refractivity contribution in [3.63, 3.8) is 0 Å². The molecule has 0 aromatic rings. The summed E-state index contributed by atoms with van der Waals surface area (Å²) in [6.45, 7) is 2.23. The molecule has 3 N–H and O–H groups in total. The van der Waals surface area contributed by atoms with E-state index in [0.29, 0.717) is 6.42 Å². The molecule has 0 heterocycles. The summed E-state index contributed by atoms with van der Waals surface area (Å²) in [6.07, 6.45) is 13.8. The minimum Gasteiger partial charge on any atom is -0.481 e. The largest absolute Gasteiger partial charge is 0.481 e. The Kier molecular flexibility index (Phi) is 12.3. The van der Waals surface area contributed by atoms with E-state index in [4.69, 9.17) is 10.8 Å². The van der Waals surface area contributed by atoms with Crippen molar-refractivity contribution >= 4 is 11.9 Å². The topological polar surface area (TPSA) is 80.4 Å². The lowest BCUT2D eigenvalue weighted by Gasteiger charge is -2.07. The molecule has 0 fully saturated rings. The minimum absolute atomic E-state index is 0.377. The van der Waals surface area contributed by atoms with Crippen molar-refractivity contribution in [3.05, 3.63) is 0 Å². The standard InChI is InChI=1S/C16H31NO3/c1-2-3-4-5-6-7-8-9-10-11-12-13-14(15(17)18)16(19)20/h14H,2-13H2,1H3,(H2,17,18)(H,19,20). The Balaban J connectivity index is 3.32. The van der Waals surface area contributed by atoms with E-state index in [2.05, 4.69) is 6.92 Å². The fourth-order valence-electron chi connectivity index (χ4n) is 2.40. The molecule has 1 amide bonds. The van der Waals surface area contributed by atoms with Crippen LogP contribution in [0.1, 0.15) is 84.0 Å². The normalized spacial score (nSPS) is 12.2. The third-order valence-corrected chi connectivity index (χ3v) is 3.74. The van der Waals surface area contributed by atoms with E-state index >= 15 is 0 Å². The van der Waals surface area contributed by atoms with E-state index in [1.54, 1.807) is 0 Å². The van der Waals surface area contributed by atoms with Crippen molar-refractivity contribution in [3.8, 4) is 0 Å². The summed E-state index contributed by atoms with van der Waals surface area (Å²) in [6, 6.07) is 0. The van der Waals surface area contributed by atoms with Crippen LogP contribution in [-0.4, -0.2) is 17.0 Å². The predicted octanol–water partition coefficient (Wildman–Crippen LogP) is 3.87. The smallest absolute Gasteiger partial charge is 0.316 e. The quantitative estimate of drug-likeness (QED) is 0.375. The lowest BCUT2D eigenvalue weighted by Crippen LogP contribution is -2.30. The molecule has 4 nitrogen and oxygen atoms in total. The van der Waals surface area contributed by atoms with Gasteiger partial charge in [-0.15, -0.1) is 0 Å². The lowest BCUT2D eigenvalue weighted by atomic mass is 9.99. The Morgan fingerprint density at radius 2 is 1.25 bits per heavy atom. The van der Waals surface area contributed by atoms with E-state index in [1.165, 1.54) is 51.4 Å². The van der Waals surface area contributed by atoms with Crippen LogP contribution >= 0.6 is 0 Å². The highest BCUT2D eigenvalue weighted by atomic mass is 16.4. The van der Waals surface area contributed by atoms with Crippen LogP contribution in [-0.2, 0) is 9.59 Å². The number of aliphatic carboxylic acids is 1. The second-order valence-electron chi connectivity index (χ2n) is 5.62. The summed E-state index contributed by atoms with van der Waals surface area (Å²) >= 11 is 0. The Bertz CT molecular complexity index is 252. The van der Waals surface area contributed by atoms with Crippen LogP contribution in [0.4, 0.5) is 0 Å². The van der Waals surface area contributed by atoms with Crippen LogP contribution in [0.25, 0.3) is 0 Å². The maximum atomic E-state index is 10.9. The average molecular weight is 285 g/mol. The maximum Gasteiger partial charge on any atom is 0.316 e. The molecule has 0 radical (unpaired) electrons. The van der Waals surface area contributed by atoms with Crippen LogP contribution in [0.5, 0.6) is 0 Å². The zero-order valence-electron chi connectivity index (χ0n) is 12.9. The van der Waals surface area contributed by atoms with Crippen LogP contribution in [0.3, 0.4) is 0 Å². The van der Waals surface area contributed by atoms with Gasteiger partial charge in [0.1, 0.15) is 5.92 Å². The number of carbonyl (C=O) groups is 2. The van der Waals surface area contributed by atoms with Gasteiger partial charge in [-0.1, -0.05) is 77.6 Å². The van der Waals surface area contributed by atoms with Crippen LogP contribution < -0.4 is 5.73 Å². The summed E-state index contributed by atoms with van der Waals surface area (Å²) in [5, 5.41) is 8.80. The Labute approximate surface area is 123 Å². The van der Waals surface area contributed by atoms with Gasteiger partial charge in [-0.2, -0.15) is 0 Å². The van der Waals surface area contributed by atoms with Crippen LogP contribution in [0, 0.1) is 5.92 Å². The van der Waals surface area contributed by atoms with Crippen molar-refractivity contribution < 1.29 is 14.7 Å². The molecule has 20 heavy (non-hydrogen) atoms. The summed E-state index contributed by atoms with van der Waals surface area (Å²) in [5.41, 5.74) is 5.05. The molecule has 0 aliphatic rings. The third kappa shape index (κ3) is 10.8. The fourth-order valence-corrected chi connectivity index (χ4v) is 2.40. The predicted molar refractivity (Wildman–Crippen MR) is 81.4 cm³/mol. The molecule has 0 saturated carbocycles. The summed E-state index contributed by atoms with van der Waals surface area (Å²) < 4.78 is 0. The van der Waals surface area contributed by atoms with E-state index < -0.39 is 17.8 Å². The van der Waals surface area contributed by atoms with Gasteiger partial charge < -0.3 is 10.8 Å². The molecule has 0 rings (SSSR count). The van der Waals surface area contributed by atoms with Crippen LogP contribution in [0.15, 0.2) is 0 Å². The number of primary amides is 1. The van der Waals surface area contributed by atoms with Gasteiger partial charge in [-0.3, -0.25) is 9.59 Å². The van der Waals surface area contributed by atoms with Crippen molar-refractivity contribution in [1.82, 2.24) is 0 Å². The summed E-state index contributed by atoms with van der Waals surface area (Å²) in [7, 11) is 0. The summed E-state index contributed by atoms with van der Waals surface area (Å²) in [5.74, 6) is -2.82. The molecule has 118 valence electrons. The molecular formula is C16H31NO3. The number of hydrogen-bond donors (Lipinski definition) is 2. The van der Waals surface area contributed by atoms with Gasteiger partial charge in [0.05, 0.1) is 0 Å². The third-order valence-electron chi connectivity index (χ3n) is 3.74. The maximum absolute atomic E-state index is 10.9. The second kappa shape index (κ2) is 12.9. The van der Waals surface area contributed by atoms with Gasteiger partial charge in [0.15, 0.2) is 0 Å². The second-order valence-corrected chi connectivity index (χ2v) is 5.62. The monoisotopic (exact) mass is 285 g/mol. The first kappa shape index (κ1) is 18.9. The number of carbonyl (C=O) groups excluding carboxylic acids is 1. The first-order valence-electron chi connectivity index (χ1n) is 8.11. The van der Waals surface area contributed by atoms with Crippen molar-refractivity contribution in [2.45, 2.75) is 84.0 Å². The number of carboxylic acid groups (broad SMARTS) is 1. The molecular weight excluding hydrogens is 254 g/mol. The van der Waals surface area contributed by atoms with Crippen molar-refractivity contribution in [2.24, 2.45) is 11.7 Å². The molecule has 0 bridgehead atoms. The van der Waals surface area contributed by atoms with Gasteiger partial charge in [0, 0.05) is 0 Å². The zero-order valence-corrected chi connectivity index (χ0v) is 12.9. The highest BCUT2D eigenvalue weighted by Gasteiger charge is 2.22. The first-order valence-corrected chi connectivity index (χ1v) is 8.11. The minimum atomic E-state index is -1.09. The number of carboxylic acids is 1. The zero-order chi connectivity index (χ0) is 15.2. The fraction of sp³-hybridized carbons (Fsp3) is 0.875. The number of hydrogen-bond acceptors (Lipinski definition) is 2. The van der Waals surface area contributed by atoms with Gasteiger partial charge in [0.2, 0.25) is 5.91 Å². The highest BCUT2D eigenvalue weighted by molar-refractivity contribution is 5.95. The molecule has 0 aromatic heterocycles. The number of nitrogens with two attached hydrogens (primary N) is 1. The SMILES string of the molecule is CCCCCCCCCCCCCC(C(N)=O)C(=O)O. The van der Waals surface area contributed by atoms with Crippen molar-refractivity contribution in [1.29, 1.82) is 0 Å². The Morgan fingerprint density at radius 3 is 1.60 bits per heavy atom. The van der Waals surface area contributed by atoms with Crippen LogP contribution in [0.2, 0.25) is 0 Å². The van der Waals surface area contributed by atoms with Gasteiger partial charge in [-0.05, 0) is 6.42 Å². The van der Waals surface area contributed by atoms with Gasteiger partial charge in [0.25, 0.3) is 0 Å². The number of amides is 1. The molecule has 0 aliphatic heterocycles. The van der Waals surface area contributed by atoms with Gasteiger partial charge in [-0.25, -0.2) is 0 Å². The van der Waals surface area contributed by atoms with E-state index in [9.17, 15) is 9.59 Å². The molecule has 0 saturated heterocycles. The van der Waals surface area contributed by atoms with E-state index in [-0.39, 0.29) is 0 Å². The highest BCUT2D eigenvalue weighted by Crippen LogP contribution is 2.14. The Hall–Kier alpha value is -1.06. The van der Waals surface area contributed by atoms with Gasteiger partial charge >= 0.3 is 5.97 Å². The molecule has 0 aromatic carbocycles. The number of rotatable bonds is 14. The Morgan fingerprint density at radius 1 is 0.850 bits per heavy atom. The molecule has 1 unspecified atom stereocenters. The first-order chi connectivity index (χ1) is 9.59. The lowest BCUT2D eigenvalue weighted by molar-refractivity contribution is -0.146. The average Bonchev–Trinajstić information content (AvgIpc) is 2.39. The number of unbranched alkanes of at least 4 members (excludes halogenated alkanes) is 10. The molecule has 0 aliphatic carbocycles. The molecule has 4 heteroatoms. The van der Waals surface area contributed by atoms with Crippen molar-refractivity contribution in [2.75, 3.05) is 0 Å². The molecule has 1 atom stereocenters. The van der Waals surface area contributed by atoms with E-state index in [1.807, 2.05) is 0 Å². The van der Waals surface area contributed by atoms with E-state index in [0.717, 1.165) is 19.3 Å². The summed E-state index contributed by atoms with van der Waals surface area (Å²) in [4.78, 5) is 21.6.